The zero-order valence-corrected chi connectivity index (χ0v) is 20.3. The van der Waals surface area contributed by atoms with E-state index in [1.807, 2.05) is 6.07 Å². The number of rotatable bonds is 5. The zero-order valence-electron chi connectivity index (χ0n) is 19.6. The van der Waals surface area contributed by atoms with Gasteiger partial charge in [0.15, 0.2) is 0 Å². The van der Waals surface area contributed by atoms with Gasteiger partial charge in [0, 0.05) is 17.5 Å². The molecule has 10 heteroatoms. The third kappa shape index (κ3) is 4.37. The van der Waals surface area contributed by atoms with E-state index >= 15 is 0 Å². The van der Waals surface area contributed by atoms with E-state index in [0.717, 1.165) is 32.1 Å². The molecule has 2 aromatic heterocycles. The lowest BCUT2D eigenvalue weighted by Crippen LogP contribution is -2.52. The predicted octanol–water partition coefficient (Wildman–Crippen LogP) is 4.53. The maximum Gasteiger partial charge on any atom is 0.405 e. The molecule has 0 aliphatic heterocycles. The van der Waals surface area contributed by atoms with Crippen molar-refractivity contribution >= 4 is 45.4 Å². The van der Waals surface area contributed by atoms with Crippen LogP contribution < -0.4 is 16.2 Å². The number of carbonyl (C=O) groups excluding carboxylic acids is 1. The summed E-state index contributed by atoms with van der Waals surface area (Å²) in [6, 6.07) is 4.36. The molecule has 2 aliphatic carbocycles. The van der Waals surface area contributed by atoms with Crippen molar-refractivity contribution in [1.29, 1.82) is 0 Å². The Morgan fingerprint density at radius 2 is 1.94 bits per heavy atom. The number of carbonyl (C=O) groups is 2. The van der Waals surface area contributed by atoms with Gasteiger partial charge in [-0.15, -0.1) is 0 Å². The van der Waals surface area contributed by atoms with Gasteiger partial charge in [-0.3, -0.25) is 9.59 Å². The first-order valence-electron chi connectivity index (χ1n) is 12.2. The monoisotopic (exact) mass is 500 g/mol. The van der Waals surface area contributed by atoms with Gasteiger partial charge in [-0.05, 0) is 57.1 Å². The molecule has 1 aromatic carbocycles. The Hall–Kier alpha value is -3.07. The second-order valence-corrected chi connectivity index (χ2v) is 10.2. The number of nitrogens with one attached hydrogen (secondary N) is 2. The first-order chi connectivity index (χ1) is 16.8. The summed E-state index contributed by atoms with van der Waals surface area (Å²) in [6.45, 7) is 1.71. The molecule has 5 rings (SSSR count). The van der Waals surface area contributed by atoms with E-state index in [4.69, 9.17) is 16.1 Å². The zero-order chi connectivity index (χ0) is 24.7. The molecule has 9 nitrogen and oxygen atoms in total. The molecule has 0 saturated heterocycles. The number of benzene rings is 1. The number of carboxylic acid groups (broad SMARTS) is 1. The summed E-state index contributed by atoms with van der Waals surface area (Å²) in [6.07, 6.45) is 5.57. The van der Waals surface area contributed by atoms with Crippen LogP contribution in [0.3, 0.4) is 0 Å². The van der Waals surface area contributed by atoms with Crippen LogP contribution >= 0.6 is 11.6 Å². The van der Waals surface area contributed by atoms with Gasteiger partial charge >= 0.3 is 6.09 Å². The van der Waals surface area contributed by atoms with E-state index in [-0.39, 0.29) is 29.5 Å². The summed E-state index contributed by atoms with van der Waals surface area (Å²) in [5, 5.41) is 20.5. The summed E-state index contributed by atoms with van der Waals surface area (Å²) in [5.74, 6) is 0.166. The molecule has 0 radical (unpaired) electrons. The molecule has 2 amide bonds. The van der Waals surface area contributed by atoms with E-state index in [9.17, 15) is 19.5 Å². The molecule has 3 atom stereocenters. The van der Waals surface area contributed by atoms with Crippen LogP contribution in [0.5, 0.6) is 0 Å². The molecule has 2 heterocycles. The molecular weight excluding hydrogens is 472 g/mol. The summed E-state index contributed by atoms with van der Waals surface area (Å²) in [4.78, 5) is 38.1. The molecular formula is C25H29ClN4O5. The number of nitrogens with zero attached hydrogens (tertiary/aromatic N) is 2. The number of pyridine rings is 1. The minimum absolute atomic E-state index is 0.00438. The van der Waals surface area contributed by atoms with Crippen LogP contribution in [0.25, 0.3) is 21.8 Å². The van der Waals surface area contributed by atoms with E-state index < -0.39 is 12.1 Å². The Morgan fingerprint density at radius 1 is 1.17 bits per heavy atom. The van der Waals surface area contributed by atoms with Gasteiger partial charge in [-0.25, -0.2) is 4.79 Å². The van der Waals surface area contributed by atoms with Gasteiger partial charge in [-0.2, -0.15) is 0 Å². The molecule has 3 unspecified atom stereocenters. The molecule has 3 aromatic rings. The number of hydrogen-bond acceptors (Lipinski definition) is 5. The highest BCUT2D eigenvalue weighted by molar-refractivity contribution is 6.37. The second-order valence-electron chi connectivity index (χ2n) is 9.77. The average Bonchev–Trinajstić information content (AvgIpc) is 3.45. The van der Waals surface area contributed by atoms with Gasteiger partial charge in [-0.1, -0.05) is 42.1 Å². The second kappa shape index (κ2) is 9.53. The normalized spacial score (nSPS) is 21.9. The van der Waals surface area contributed by atoms with E-state index in [2.05, 4.69) is 15.8 Å². The molecule has 186 valence electrons. The number of aromatic nitrogens is 2. The maximum atomic E-state index is 13.5. The molecule has 2 saturated carbocycles. The maximum absolute atomic E-state index is 13.5. The largest absolute Gasteiger partial charge is 0.465 e. The Morgan fingerprint density at radius 3 is 2.69 bits per heavy atom. The Kier molecular flexibility index (Phi) is 6.44. The number of amides is 2. The van der Waals surface area contributed by atoms with Crippen molar-refractivity contribution < 1.29 is 19.2 Å². The molecule has 0 spiro atoms. The predicted molar refractivity (Wildman–Crippen MR) is 132 cm³/mol. The lowest BCUT2D eigenvalue weighted by Gasteiger charge is -2.30. The van der Waals surface area contributed by atoms with Gasteiger partial charge in [0.2, 0.25) is 5.91 Å². The van der Waals surface area contributed by atoms with Gasteiger partial charge in [0.25, 0.3) is 5.56 Å². The Bertz CT molecular complexity index is 1340. The lowest BCUT2D eigenvalue weighted by molar-refractivity contribution is -0.125. The van der Waals surface area contributed by atoms with Crippen LogP contribution in [-0.4, -0.2) is 38.9 Å². The highest BCUT2D eigenvalue weighted by Crippen LogP contribution is 2.36. The van der Waals surface area contributed by atoms with Crippen molar-refractivity contribution in [1.82, 2.24) is 20.4 Å². The summed E-state index contributed by atoms with van der Waals surface area (Å²) < 4.78 is 7.09. The fourth-order valence-corrected chi connectivity index (χ4v) is 6.21. The van der Waals surface area contributed by atoms with Gasteiger partial charge < -0.3 is 24.8 Å². The average molecular weight is 501 g/mol. The third-order valence-corrected chi connectivity index (χ3v) is 7.90. The third-order valence-electron chi connectivity index (χ3n) is 7.58. The number of fused-ring (bicyclic) bond motifs is 3. The van der Waals surface area contributed by atoms with Gasteiger partial charge in [0.05, 0.1) is 10.5 Å². The Balaban J connectivity index is 1.41. The number of halogens is 1. The number of hydrogen-bond donors (Lipinski definition) is 3. The van der Waals surface area contributed by atoms with Crippen LogP contribution in [0, 0.1) is 12.8 Å². The van der Waals surface area contributed by atoms with E-state index in [0.29, 0.717) is 51.9 Å². The van der Waals surface area contributed by atoms with Crippen LogP contribution in [0.4, 0.5) is 4.79 Å². The van der Waals surface area contributed by atoms with E-state index in [1.165, 1.54) is 0 Å². The highest BCUT2D eigenvalue weighted by atomic mass is 35.5. The van der Waals surface area contributed by atoms with E-state index in [1.54, 1.807) is 23.6 Å². The highest BCUT2D eigenvalue weighted by Gasteiger charge is 2.35. The fourth-order valence-electron chi connectivity index (χ4n) is 5.95. The van der Waals surface area contributed by atoms with Crippen molar-refractivity contribution in [3.63, 3.8) is 0 Å². The van der Waals surface area contributed by atoms with Crippen molar-refractivity contribution in [2.45, 2.75) is 76.4 Å². The van der Waals surface area contributed by atoms with Crippen molar-refractivity contribution in [3.8, 4) is 0 Å². The van der Waals surface area contributed by atoms with Crippen molar-refractivity contribution in [2.24, 2.45) is 5.92 Å². The number of aryl methyl sites for hydroxylation is 1. The topological polar surface area (TPSA) is 126 Å². The van der Waals surface area contributed by atoms with Crippen LogP contribution in [0.15, 0.2) is 27.5 Å². The standard InChI is InChI=1S/C25H29ClN4O5/c1-13-19-22(29-35-13)20-17(26)8-5-9-18(20)30(24(19)32)16-11-10-15(12-16)27-23(31)21(28-25(33)34)14-6-3-2-4-7-14/h5,8-9,14-16,21,28H,2-4,6-7,10-12H2,1H3,(H,27,31)(H,33,34). The summed E-state index contributed by atoms with van der Waals surface area (Å²) in [5.41, 5.74) is 0.966. The molecule has 0 bridgehead atoms. The van der Waals surface area contributed by atoms with Crippen LogP contribution in [0.2, 0.25) is 5.02 Å². The minimum atomic E-state index is -1.19. The lowest BCUT2D eigenvalue weighted by atomic mass is 9.83. The minimum Gasteiger partial charge on any atom is -0.465 e. The quantitative estimate of drug-likeness (QED) is 0.472. The fraction of sp³-hybridized carbons (Fsp3) is 0.520. The summed E-state index contributed by atoms with van der Waals surface area (Å²) in [7, 11) is 0. The van der Waals surface area contributed by atoms with Crippen molar-refractivity contribution in [2.75, 3.05) is 0 Å². The summed E-state index contributed by atoms with van der Waals surface area (Å²) >= 11 is 6.51. The molecule has 3 N–H and O–H groups in total. The van der Waals surface area contributed by atoms with Crippen LogP contribution in [0.1, 0.15) is 63.2 Å². The Labute approximate surface area is 206 Å². The van der Waals surface area contributed by atoms with Gasteiger partial charge in [0.1, 0.15) is 22.7 Å². The first-order valence-corrected chi connectivity index (χ1v) is 12.6. The smallest absolute Gasteiger partial charge is 0.405 e. The molecule has 2 fully saturated rings. The van der Waals surface area contributed by atoms with Crippen LogP contribution in [-0.2, 0) is 4.79 Å². The van der Waals surface area contributed by atoms with Crippen molar-refractivity contribution in [3.05, 3.63) is 39.3 Å². The molecule has 2 aliphatic rings. The SMILES string of the molecule is Cc1onc2c1c(=O)n(C1CCC(NC(=O)C(NC(=O)O)C3CCCCC3)C1)c1cccc(Cl)c21. The molecule has 35 heavy (non-hydrogen) atoms. The first kappa shape index (κ1) is 23.7.